The number of phosphoric ester groups is 1. The number of ether oxygens (including phenoxy) is 1. The van der Waals surface area contributed by atoms with Crippen LogP contribution in [-0.4, -0.2) is 51.6 Å². The van der Waals surface area contributed by atoms with E-state index >= 15 is 0 Å². The fraction of sp³-hybridized carbons (Fsp3) is 0.692. The van der Waals surface area contributed by atoms with Gasteiger partial charge in [0.05, 0.1) is 12.7 Å². The molecule has 27 heavy (non-hydrogen) atoms. The maximum atomic E-state index is 13.8. The number of H-pyrrole nitrogens is 1. The lowest BCUT2D eigenvalue weighted by Crippen LogP contribution is -2.56. The van der Waals surface area contributed by atoms with Crippen LogP contribution >= 0.6 is 19.4 Å². The van der Waals surface area contributed by atoms with E-state index in [4.69, 9.17) is 29.9 Å². The standard InChI is InChI=1S/C13H16ClF2N2O8P/c1-5(2)25-27(22)23-4-13(11(15)16)8(26-27)7(19)10(24-13)18-3-6(14)9(20)17-12(18)21/h3,5,7-8,10-11,19H,4H2,1-2H3,(H,17,20,21)/t7-,8+,10-,13-,27?/m1/s1. The molecular formula is C13H16ClF2N2O8P. The minimum atomic E-state index is -4.25. The van der Waals surface area contributed by atoms with E-state index in [0.717, 1.165) is 6.20 Å². The molecular weight excluding hydrogens is 417 g/mol. The summed E-state index contributed by atoms with van der Waals surface area (Å²) in [6.07, 6.45) is -8.43. The van der Waals surface area contributed by atoms with Crippen molar-refractivity contribution in [2.75, 3.05) is 6.61 Å². The van der Waals surface area contributed by atoms with Crippen LogP contribution in [0.1, 0.15) is 20.1 Å². The lowest BCUT2D eigenvalue weighted by Gasteiger charge is -2.39. The number of aliphatic hydroxyl groups excluding tert-OH is 1. The number of nitrogens with one attached hydrogen (secondary N) is 1. The van der Waals surface area contributed by atoms with E-state index in [1.165, 1.54) is 13.8 Å². The Kier molecular flexibility index (Phi) is 5.36. The SMILES string of the molecule is CC(C)OP1(=O)OC[C@@]2(C(F)F)O[C@@H](n3cc(Cl)c(=O)[nH]c3=O)[C@H](O)[C@@H]2O1. The van der Waals surface area contributed by atoms with Crippen molar-refractivity contribution in [2.24, 2.45) is 0 Å². The topological polar surface area (TPSA) is 129 Å². The van der Waals surface area contributed by atoms with E-state index in [1.807, 2.05) is 4.98 Å². The van der Waals surface area contributed by atoms with Crippen LogP contribution in [0.4, 0.5) is 8.78 Å². The highest BCUT2D eigenvalue weighted by molar-refractivity contribution is 7.48. The molecule has 152 valence electrons. The summed E-state index contributed by atoms with van der Waals surface area (Å²) in [7, 11) is -4.25. The summed E-state index contributed by atoms with van der Waals surface area (Å²) >= 11 is 5.66. The number of nitrogens with zero attached hydrogens (tertiary/aromatic N) is 1. The maximum absolute atomic E-state index is 13.8. The molecule has 1 aromatic rings. The average molecular weight is 433 g/mol. The van der Waals surface area contributed by atoms with Crippen LogP contribution in [0.3, 0.4) is 0 Å². The Balaban J connectivity index is 2.01. The van der Waals surface area contributed by atoms with Crippen molar-refractivity contribution in [2.45, 2.75) is 50.4 Å². The minimum Gasteiger partial charge on any atom is -0.386 e. The van der Waals surface area contributed by atoms with Crippen LogP contribution in [0, 0.1) is 0 Å². The van der Waals surface area contributed by atoms with Crippen molar-refractivity contribution in [1.29, 1.82) is 0 Å². The fourth-order valence-corrected chi connectivity index (χ4v) is 4.62. The molecule has 14 heteroatoms. The summed E-state index contributed by atoms with van der Waals surface area (Å²) in [4.78, 5) is 25.2. The number of hydrogen-bond acceptors (Lipinski definition) is 8. The number of fused-ring (bicyclic) bond motifs is 1. The monoisotopic (exact) mass is 432 g/mol. The Morgan fingerprint density at radius 1 is 1.48 bits per heavy atom. The van der Waals surface area contributed by atoms with Gasteiger partial charge in [0.2, 0.25) is 0 Å². The first-order valence-corrected chi connectivity index (χ1v) is 9.59. The van der Waals surface area contributed by atoms with E-state index in [0.29, 0.717) is 4.57 Å². The molecule has 2 aliphatic heterocycles. The van der Waals surface area contributed by atoms with Crippen molar-refractivity contribution in [1.82, 2.24) is 9.55 Å². The zero-order valence-electron chi connectivity index (χ0n) is 14.0. The molecule has 2 N–H and O–H groups in total. The van der Waals surface area contributed by atoms with Gasteiger partial charge in [-0.3, -0.25) is 27.9 Å². The molecule has 0 bridgehead atoms. The molecule has 0 spiro atoms. The predicted octanol–water partition coefficient (Wildman–Crippen LogP) is 1.03. The van der Waals surface area contributed by atoms with Gasteiger partial charge in [0.1, 0.15) is 17.2 Å². The Hall–Kier alpha value is -1.14. The van der Waals surface area contributed by atoms with E-state index < -0.39 is 67.3 Å². The Morgan fingerprint density at radius 2 is 2.15 bits per heavy atom. The molecule has 0 aliphatic carbocycles. The number of hydrogen-bond donors (Lipinski definition) is 2. The smallest absolute Gasteiger partial charge is 0.386 e. The van der Waals surface area contributed by atoms with Gasteiger partial charge in [0.25, 0.3) is 12.0 Å². The second-order valence-electron chi connectivity index (χ2n) is 6.30. The lowest BCUT2D eigenvalue weighted by atomic mass is 9.96. The van der Waals surface area contributed by atoms with E-state index in [-0.39, 0.29) is 0 Å². The van der Waals surface area contributed by atoms with Crippen LogP contribution in [0.5, 0.6) is 0 Å². The first-order valence-electron chi connectivity index (χ1n) is 7.75. The third kappa shape index (κ3) is 3.51. The Bertz CT molecular complexity index is 892. The van der Waals surface area contributed by atoms with Crippen molar-refractivity contribution in [3.05, 3.63) is 32.1 Å². The third-order valence-corrected chi connectivity index (χ3v) is 5.90. The molecule has 0 saturated carbocycles. The highest BCUT2D eigenvalue weighted by atomic mass is 35.5. The molecule has 1 unspecified atom stereocenters. The first kappa shape index (κ1) is 20.6. The van der Waals surface area contributed by atoms with Crippen molar-refractivity contribution in [3.63, 3.8) is 0 Å². The molecule has 0 aromatic carbocycles. The molecule has 2 fully saturated rings. The first-order chi connectivity index (χ1) is 12.5. The van der Waals surface area contributed by atoms with Crippen LogP contribution < -0.4 is 11.2 Å². The Morgan fingerprint density at radius 3 is 2.74 bits per heavy atom. The number of aromatic amines is 1. The summed E-state index contributed by atoms with van der Waals surface area (Å²) in [5.41, 5.74) is -4.47. The molecule has 2 saturated heterocycles. The van der Waals surface area contributed by atoms with E-state index in [1.54, 1.807) is 0 Å². The number of halogens is 3. The molecule has 5 atom stereocenters. The highest BCUT2D eigenvalue weighted by Crippen LogP contribution is 2.61. The van der Waals surface area contributed by atoms with Crippen molar-refractivity contribution >= 4 is 19.4 Å². The molecule has 1 aromatic heterocycles. The number of aromatic nitrogens is 2. The molecule has 0 radical (unpaired) electrons. The van der Waals surface area contributed by atoms with Gasteiger partial charge in [0.15, 0.2) is 11.8 Å². The second kappa shape index (κ2) is 7.03. The van der Waals surface area contributed by atoms with Gasteiger partial charge in [0, 0.05) is 6.20 Å². The summed E-state index contributed by atoms with van der Waals surface area (Å²) in [5, 5.41) is 10.1. The normalized spacial score (nSPS) is 36.4. The Labute approximate surface area is 155 Å². The maximum Gasteiger partial charge on any atom is 0.475 e. The number of phosphoric acid groups is 1. The highest BCUT2D eigenvalue weighted by Gasteiger charge is 2.67. The average Bonchev–Trinajstić information content (AvgIpc) is 2.84. The molecule has 3 rings (SSSR count). The van der Waals surface area contributed by atoms with Gasteiger partial charge in [-0.05, 0) is 13.8 Å². The van der Waals surface area contributed by atoms with Gasteiger partial charge in [-0.15, -0.1) is 0 Å². The van der Waals surface area contributed by atoms with Gasteiger partial charge < -0.3 is 9.84 Å². The van der Waals surface area contributed by atoms with Gasteiger partial charge >= 0.3 is 13.5 Å². The van der Waals surface area contributed by atoms with E-state index in [2.05, 4.69) is 0 Å². The molecule has 0 amide bonds. The zero-order chi connectivity index (χ0) is 20.1. The number of aliphatic hydroxyl groups is 1. The third-order valence-electron chi connectivity index (χ3n) is 4.02. The lowest BCUT2D eigenvalue weighted by molar-refractivity contribution is -0.208. The van der Waals surface area contributed by atoms with Gasteiger partial charge in [-0.25, -0.2) is 18.1 Å². The molecule has 10 nitrogen and oxygen atoms in total. The summed E-state index contributed by atoms with van der Waals surface area (Å²) in [5.74, 6) is 0. The predicted molar refractivity (Wildman–Crippen MR) is 85.8 cm³/mol. The van der Waals surface area contributed by atoms with Gasteiger partial charge in [-0.1, -0.05) is 11.6 Å². The van der Waals surface area contributed by atoms with Crippen molar-refractivity contribution < 1.29 is 36.8 Å². The summed E-state index contributed by atoms with van der Waals surface area (Å²) in [6, 6.07) is 0. The van der Waals surface area contributed by atoms with Crippen LogP contribution in [0.15, 0.2) is 15.8 Å². The number of alkyl halides is 2. The van der Waals surface area contributed by atoms with Crippen LogP contribution in [0.25, 0.3) is 0 Å². The quantitative estimate of drug-likeness (QED) is 0.675. The van der Waals surface area contributed by atoms with E-state index in [9.17, 15) is 28.0 Å². The summed E-state index contributed by atoms with van der Waals surface area (Å²) in [6.45, 7) is 2.12. The van der Waals surface area contributed by atoms with Gasteiger partial charge in [-0.2, -0.15) is 0 Å². The minimum absolute atomic E-state index is 0.433. The fourth-order valence-electron chi connectivity index (χ4n) is 2.84. The van der Waals surface area contributed by atoms with Crippen LogP contribution in [0.2, 0.25) is 5.02 Å². The largest absolute Gasteiger partial charge is 0.475 e. The zero-order valence-corrected chi connectivity index (χ0v) is 15.7. The molecule has 2 aliphatic rings. The summed E-state index contributed by atoms with van der Waals surface area (Å²) < 4.78 is 60.9. The van der Waals surface area contributed by atoms with Crippen molar-refractivity contribution in [3.8, 4) is 0 Å². The number of rotatable bonds is 4. The second-order valence-corrected chi connectivity index (χ2v) is 8.28. The van der Waals surface area contributed by atoms with Crippen LogP contribution in [-0.2, 0) is 22.9 Å². The molecule has 3 heterocycles.